The van der Waals surface area contributed by atoms with Crippen LogP contribution in [0.15, 0.2) is 10.5 Å². The molecule has 0 spiro atoms. The molecule has 114 valence electrons. The van der Waals surface area contributed by atoms with E-state index in [2.05, 4.69) is 37.5 Å². The highest BCUT2D eigenvalue weighted by Crippen LogP contribution is 2.22. The highest BCUT2D eigenvalue weighted by Gasteiger charge is 2.18. The second-order valence-corrected chi connectivity index (χ2v) is 6.39. The first-order chi connectivity index (χ1) is 9.56. The molecule has 3 atom stereocenters. The van der Waals surface area contributed by atoms with Gasteiger partial charge < -0.3 is 15.1 Å². The second kappa shape index (κ2) is 7.28. The number of furan rings is 1. The van der Waals surface area contributed by atoms with E-state index in [1.54, 1.807) is 0 Å². The van der Waals surface area contributed by atoms with E-state index in [9.17, 15) is 0 Å². The molecule has 0 bridgehead atoms. The van der Waals surface area contributed by atoms with Gasteiger partial charge in [-0.2, -0.15) is 0 Å². The monoisotopic (exact) mass is 278 g/mol. The third-order valence-corrected chi connectivity index (χ3v) is 4.38. The Hall–Kier alpha value is -0.800. The molecular formula is C17H30N2O. The van der Waals surface area contributed by atoms with Gasteiger partial charge in [0, 0.05) is 23.7 Å². The lowest BCUT2D eigenvalue weighted by molar-refractivity contribution is 0.378. The molecule has 1 fully saturated rings. The molecule has 0 radical (unpaired) electrons. The summed E-state index contributed by atoms with van der Waals surface area (Å²) >= 11 is 0. The predicted molar refractivity (Wildman–Crippen MR) is 84.1 cm³/mol. The smallest absolute Gasteiger partial charge is 0.105 e. The Bertz CT molecular complexity index is 405. The molecule has 0 aromatic carbocycles. The lowest BCUT2D eigenvalue weighted by Gasteiger charge is -2.24. The van der Waals surface area contributed by atoms with E-state index < -0.39 is 0 Å². The molecule has 1 aliphatic rings. The standard InChI is InChI=1S/C17H30N2O/c1-12(10-16-8-6-5-7-9-18-16)19-14(3)17-11-13(2)20-15(17)4/h11-12,14,16,18-19H,5-10H2,1-4H3. The lowest BCUT2D eigenvalue weighted by atomic mass is 10.0. The summed E-state index contributed by atoms with van der Waals surface area (Å²) in [6.07, 6.45) is 6.63. The SMILES string of the molecule is Cc1cc(C(C)NC(C)CC2CCCCCN2)c(C)o1. The zero-order chi connectivity index (χ0) is 14.5. The van der Waals surface area contributed by atoms with Crippen LogP contribution in [0.4, 0.5) is 0 Å². The third-order valence-electron chi connectivity index (χ3n) is 4.38. The predicted octanol–water partition coefficient (Wildman–Crippen LogP) is 3.86. The van der Waals surface area contributed by atoms with Crippen LogP contribution in [0.2, 0.25) is 0 Å². The van der Waals surface area contributed by atoms with Crippen molar-refractivity contribution in [1.82, 2.24) is 10.6 Å². The zero-order valence-electron chi connectivity index (χ0n) is 13.5. The molecule has 20 heavy (non-hydrogen) atoms. The van der Waals surface area contributed by atoms with Gasteiger partial charge in [0.15, 0.2) is 0 Å². The molecule has 1 saturated heterocycles. The summed E-state index contributed by atoms with van der Waals surface area (Å²) in [7, 11) is 0. The molecule has 3 nitrogen and oxygen atoms in total. The molecule has 3 heteroatoms. The minimum Gasteiger partial charge on any atom is -0.466 e. The summed E-state index contributed by atoms with van der Waals surface area (Å²) in [4.78, 5) is 0. The van der Waals surface area contributed by atoms with Crippen molar-refractivity contribution in [3.05, 3.63) is 23.2 Å². The first-order valence-corrected chi connectivity index (χ1v) is 8.12. The quantitative estimate of drug-likeness (QED) is 0.859. The average Bonchev–Trinajstić information content (AvgIpc) is 2.59. The van der Waals surface area contributed by atoms with Crippen LogP contribution in [-0.4, -0.2) is 18.6 Å². The molecule has 0 amide bonds. The molecule has 2 rings (SSSR count). The van der Waals surface area contributed by atoms with Gasteiger partial charge in [-0.1, -0.05) is 12.8 Å². The van der Waals surface area contributed by atoms with Crippen molar-refractivity contribution < 1.29 is 4.42 Å². The number of aryl methyl sites for hydroxylation is 2. The van der Waals surface area contributed by atoms with E-state index in [0.717, 1.165) is 11.5 Å². The van der Waals surface area contributed by atoms with E-state index in [1.165, 1.54) is 44.2 Å². The molecule has 0 aliphatic carbocycles. The number of nitrogens with one attached hydrogen (secondary N) is 2. The molecule has 2 heterocycles. The Kier molecular flexibility index (Phi) is 5.67. The summed E-state index contributed by atoms with van der Waals surface area (Å²) in [5, 5.41) is 7.40. The first kappa shape index (κ1) is 15.6. The van der Waals surface area contributed by atoms with E-state index in [1.807, 2.05) is 6.92 Å². The van der Waals surface area contributed by atoms with Crippen molar-refractivity contribution >= 4 is 0 Å². The van der Waals surface area contributed by atoms with Crippen LogP contribution < -0.4 is 10.6 Å². The topological polar surface area (TPSA) is 37.2 Å². The highest BCUT2D eigenvalue weighted by molar-refractivity contribution is 5.23. The van der Waals surface area contributed by atoms with Crippen LogP contribution in [0.5, 0.6) is 0 Å². The van der Waals surface area contributed by atoms with Gasteiger partial charge in [0.25, 0.3) is 0 Å². The van der Waals surface area contributed by atoms with Crippen LogP contribution >= 0.6 is 0 Å². The van der Waals surface area contributed by atoms with Gasteiger partial charge in [-0.3, -0.25) is 0 Å². The third kappa shape index (κ3) is 4.35. The second-order valence-electron chi connectivity index (χ2n) is 6.39. The highest BCUT2D eigenvalue weighted by atomic mass is 16.3. The summed E-state index contributed by atoms with van der Waals surface area (Å²) in [6.45, 7) is 9.78. The van der Waals surface area contributed by atoms with Crippen LogP contribution in [0.25, 0.3) is 0 Å². The fourth-order valence-electron chi connectivity index (χ4n) is 3.39. The number of hydrogen-bond acceptors (Lipinski definition) is 3. The summed E-state index contributed by atoms with van der Waals surface area (Å²) in [5.41, 5.74) is 1.29. The van der Waals surface area contributed by atoms with Gasteiger partial charge in [-0.05, 0) is 59.6 Å². The Morgan fingerprint density at radius 3 is 2.80 bits per heavy atom. The molecule has 0 saturated carbocycles. The van der Waals surface area contributed by atoms with Crippen LogP contribution in [0.1, 0.15) is 69.1 Å². The Balaban J connectivity index is 1.84. The van der Waals surface area contributed by atoms with Crippen LogP contribution in [0.3, 0.4) is 0 Å². The van der Waals surface area contributed by atoms with Crippen LogP contribution in [-0.2, 0) is 0 Å². The van der Waals surface area contributed by atoms with Crippen molar-refractivity contribution in [1.29, 1.82) is 0 Å². The minimum absolute atomic E-state index is 0.355. The zero-order valence-corrected chi connectivity index (χ0v) is 13.5. The van der Waals surface area contributed by atoms with E-state index in [4.69, 9.17) is 4.42 Å². The van der Waals surface area contributed by atoms with Gasteiger partial charge in [-0.15, -0.1) is 0 Å². The Morgan fingerprint density at radius 2 is 2.10 bits per heavy atom. The molecule has 2 N–H and O–H groups in total. The normalized spacial score (nSPS) is 23.3. The fraction of sp³-hybridized carbons (Fsp3) is 0.765. The van der Waals surface area contributed by atoms with Gasteiger partial charge in [-0.25, -0.2) is 0 Å². The Morgan fingerprint density at radius 1 is 1.30 bits per heavy atom. The summed E-state index contributed by atoms with van der Waals surface area (Å²) in [6, 6.07) is 3.71. The molecule has 1 aromatic rings. The van der Waals surface area contributed by atoms with Crippen molar-refractivity contribution in [2.24, 2.45) is 0 Å². The van der Waals surface area contributed by atoms with Crippen molar-refractivity contribution in [3.8, 4) is 0 Å². The lowest BCUT2D eigenvalue weighted by Crippen LogP contribution is -2.37. The van der Waals surface area contributed by atoms with Crippen molar-refractivity contribution in [3.63, 3.8) is 0 Å². The van der Waals surface area contributed by atoms with Crippen molar-refractivity contribution in [2.75, 3.05) is 6.54 Å². The average molecular weight is 278 g/mol. The maximum atomic E-state index is 5.63. The van der Waals surface area contributed by atoms with Crippen LogP contribution in [0, 0.1) is 13.8 Å². The summed E-state index contributed by atoms with van der Waals surface area (Å²) in [5.74, 6) is 2.05. The van der Waals surface area contributed by atoms with E-state index in [-0.39, 0.29) is 0 Å². The maximum Gasteiger partial charge on any atom is 0.105 e. The van der Waals surface area contributed by atoms with E-state index >= 15 is 0 Å². The molecule has 1 aromatic heterocycles. The number of hydrogen-bond donors (Lipinski definition) is 2. The molecule has 1 aliphatic heterocycles. The van der Waals surface area contributed by atoms with Gasteiger partial charge >= 0.3 is 0 Å². The number of rotatable bonds is 5. The Labute approximate surface area is 123 Å². The molecule has 3 unspecified atom stereocenters. The van der Waals surface area contributed by atoms with Gasteiger partial charge in [0.1, 0.15) is 11.5 Å². The maximum absolute atomic E-state index is 5.63. The fourth-order valence-corrected chi connectivity index (χ4v) is 3.39. The van der Waals surface area contributed by atoms with Gasteiger partial charge in [0.05, 0.1) is 0 Å². The summed E-state index contributed by atoms with van der Waals surface area (Å²) < 4.78 is 5.63. The first-order valence-electron chi connectivity index (χ1n) is 8.12. The largest absolute Gasteiger partial charge is 0.466 e. The van der Waals surface area contributed by atoms with E-state index in [0.29, 0.717) is 18.1 Å². The minimum atomic E-state index is 0.355. The van der Waals surface area contributed by atoms with Gasteiger partial charge in [0.2, 0.25) is 0 Å². The van der Waals surface area contributed by atoms with Crippen molar-refractivity contribution in [2.45, 2.75) is 77.9 Å². The molecular weight excluding hydrogens is 248 g/mol.